The molecule has 1 atom stereocenters. The van der Waals surface area contributed by atoms with Gasteiger partial charge in [0, 0.05) is 12.1 Å². The van der Waals surface area contributed by atoms with Crippen LogP contribution in [0.1, 0.15) is 42.6 Å². The SMILES string of the molecule is CCC(C)(CCO)NC(=O)c1ccc(C)cc1O. The summed E-state index contributed by atoms with van der Waals surface area (Å²) in [5, 5.41) is 21.6. The minimum Gasteiger partial charge on any atom is -0.507 e. The maximum absolute atomic E-state index is 12.1. The summed E-state index contributed by atoms with van der Waals surface area (Å²) in [4.78, 5) is 12.1. The third-order valence-electron chi connectivity index (χ3n) is 3.26. The van der Waals surface area contributed by atoms with Crippen LogP contribution in [-0.2, 0) is 0 Å². The summed E-state index contributed by atoms with van der Waals surface area (Å²) >= 11 is 0. The van der Waals surface area contributed by atoms with Gasteiger partial charge in [0.15, 0.2) is 0 Å². The number of rotatable bonds is 5. The molecule has 100 valence electrons. The number of phenols is 1. The Balaban J connectivity index is 2.87. The van der Waals surface area contributed by atoms with E-state index in [0.717, 1.165) is 5.56 Å². The zero-order chi connectivity index (χ0) is 13.8. The molecule has 0 spiro atoms. The van der Waals surface area contributed by atoms with Crippen molar-refractivity contribution >= 4 is 5.91 Å². The zero-order valence-electron chi connectivity index (χ0n) is 11.2. The predicted molar refractivity (Wildman–Crippen MR) is 70.7 cm³/mol. The topological polar surface area (TPSA) is 69.6 Å². The third-order valence-corrected chi connectivity index (χ3v) is 3.26. The highest BCUT2D eigenvalue weighted by Crippen LogP contribution is 2.21. The van der Waals surface area contributed by atoms with E-state index in [1.54, 1.807) is 18.2 Å². The van der Waals surface area contributed by atoms with Crippen molar-refractivity contribution in [2.24, 2.45) is 0 Å². The normalized spacial score (nSPS) is 14.0. The molecule has 0 saturated heterocycles. The number of carbonyl (C=O) groups excluding carboxylic acids is 1. The quantitative estimate of drug-likeness (QED) is 0.749. The fourth-order valence-electron chi connectivity index (χ4n) is 1.75. The lowest BCUT2D eigenvalue weighted by molar-refractivity contribution is 0.0883. The van der Waals surface area contributed by atoms with E-state index in [-0.39, 0.29) is 23.8 Å². The summed E-state index contributed by atoms with van der Waals surface area (Å²) in [5.74, 6) is -0.333. The first-order valence-corrected chi connectivity index (χ1v) is 6.15. The van der Waals surface area contributed by atoms with E-state index in [0.29, 0.717) is 12.8 Å². The third kappa shape index (κ3) is 3.47. The van der Waals surface area contributed by atoms with E-state index in [4.69, 9.17) is 5.11 Å². The highest BCUT2D eigenvalue weighted by Gasteiger charge is 2.25. The highest BCUT2D eigenvalue weighted by molar-refractivity contribution is 5.97. The Hall–Kier alpha value is -1.55. The molecule has 4 nitrogen and oxygen atoms in total. The fourth-order valence-corrected chi connectivity index (χ4v) is 1.75. The number of carbonyl (C=O) groups is 1. The van der Waals surface area contributed by atoms with E-state index >= 15 is 0 Å². The molecule has 3 N–H and O–H groups in total. The van der Waals surface area contributed by atoms with Crippen molar-refractivity contribution in [3.8, 4) is 5.75 Å². The molecular weight excluding hydrogens is 230 g/mol. The maximum Gasteiger partial charge on any atom is 0.255 e. The number of amides is 1. The molecule has 0 radical (unpaired) electrons. The van der Waals surface area contributed by atoms with E-state index in [1.165, 1.54) is 0 Å². The molecule has 0 fully saturated rings. The lowest BCUT2D eigenvalue weighted by atomic mass is 9.94. The first-order chi connectivity index (χ1) is 8.41. The Bertz CT molecular complexity index is 431. The first-order valence-electron chi connectivity index (χ1n) is 6.15. The zero-order valence-corrected chi connectivity index (χ0v) is 11.2. The number of aromatic hydroxyl groups is 1. The van der Waals surface area contributed by atoms with Gasteiger partial charge in [-0.1, -0.05) is 13.0 Å². The van der Waals surface area contributed by atoms with Crippen LogP contribution in [0.2, 0.25) is 0 Å². The van der Waals surface area contributed by atoms with Gasteiger partial charge in [-0.05, 0) is 44.4 Å². The van der Waals surface area contributed by atoms with Crippen LogP contribution in [-0.4, -0.2) is 28.3 Å². The first kappa shape index (κ1) is 14.5. The number of hydrogen-bond acceptors (Lipinski definition) is 3. The van der Waals surface area contributed by atoms with Gasteiger partial charge in [0.05, 0.1) is 5.56 Å². The Morgan fingerprint density at radius 3 is 2.61 bits per heavy atom. The summed E-state index contributed by atoms with van der Waals surface area (Å²) in [6, 6.07) is 4.95. The van der Waals surface area contributed by atoms with Crippen LogP contribution in [0.5, 0.6) is 5.75 Å². The van der Waals surface area contributed by atoms with Crippen LogP contribution in [0.25, 0.3) is 0 Å². The van der Waals surface area contributed by atoms with Gasteiger partial charge in [-0.25, -0.2) is 0 Å². The van der Waals surface area contributed by atoms with Crippen LogP contribution in [0.4, 0.5) is 0 Å². The van der Waals surface area contributed by atoms with Crippen molar-refractivity contribution in [3.63, 3.8) is 0 Å². The lowest BCUT2D eigenvalue weighted by Crippen LogP contribution is -2.46. The second-order valence-corrected chi connectivity index (χ2v) is 4.86. The molecule has 1 unspecified atom stereocenters. The molecular formula is C14H21NO3. The maximum atomic E-state index is 12.1. The van der Waals surface area contributed by atoms with Crippen molar-refractivity contribution in [2.75, 3.05) is 6.61 Å². The standard InChI is InChI=1S/C14H21NO3/c1-4-14(3,7-8-16)15-13(18)11-6-5-10(2)9-12(11)17/h5-6,9,16-17H,4,7-8H2,1-3H3,(H,15,18). The predicted octanol–water partition coefficient (Wildman–Crippen LogP) is 1.98. The number of phenolic OH excluding ortho intramolecular Hbond substituents is 1. The summed E-state index contributed by atoms with van der Waals surface area (Å²) in [5.41, 5.74) is 0.708. The molecule has 0 bridgehead atoms. The molecule has 4 heteroatoms. The number of aliphatic hydroxyl groups excluding tert-OH is 1. The Kier molecular flexibility index (Phi) is 4.73. The van der Waals surface area contributed by atoms with E-state index in [1.807, 2.05) is 20.8 Å². The number of nitrogens with one attached hydrogen (secondary N) is 1. The number of benzene rings is 1. The molecule has 1 rings (SSSR count). The number of aryl methyl sites for hydroxylation is 1. The van der Waals surface area contributed by atoms with E-state index in [2.05, 4.69) is 5.32 Å². The monoisotopic (exact) mass is 251 g/mol. The van der Waals surface area contributed by atoms with Gasteiger partial charge in [0.2, 0.25) is 0 Å². The van der Waals surface area contributed by atoms with Gasteiger partial charge in [0.25, 0.3) is 5.91 Å². The smallest absolute Gasteiger partial charge is 0.255 e. The number of hydrogen-bond donors (Lipinski definition) is 3. The van der Waals surface area contributed by atoms with Gasteiger partial charge < -0.3 is 15.5 Å². The summed E-state index contributed by atoms with van der Waals surface area (Å²) < 4.78 is 0. The van der Waals surface area contributed by atoms with Crippen molar-refractivity contribution in [1.29, 1.82) is 0 Å². The average molecular weight is 251 g/mol. The molecule has 0 saturated carbocycles. The van der Waals surface area contributed by atoms with Crippen LogP contribution in [0.3, 0.4) is 0 Å². The fraction of sp³-hybridized carbons (Fsp3) is 0.500. The van der Waals surface area contributed by atoms with Gasteiger partial charge in [-0.2, -0.15) is 0 Å². The summed E-state index contributed by atoms with van der Waals surface area (Å²) in [6.45, 7) is 5.70. The molecule has 0 aliphatic heterocycles. The Labute approximate surface area is 108 Å². The van der Waals surface area contributed by atoms with Crippen molar-refractivity contribution in [3.05, 3.63) is 29.3 Å². The lowest BCUT2D eigenvalue weighted by Gasteiger charge is -2.29. The molecule has 0 aliphatic carbocycles. The Morgan fingerprint density at radius 2 is 2.11 bits per heavy atom. The molecule has 1 aromatic rings. The Morgan fingerprint density at radius 1 is 1.44 bits per heavy atom. The molecule has 0 aromatic heterocycles. The van der Waals surface area contributed by atoms with Gasteiger partial charge in [0.1, 0.15) is 5.75 Å². The van der Waals surface area contributed by atoms with E-state index < -0.39 is 5.54 Å². The highest BCUT2D eigenvalue weighted by atomic mass is 16.3. The molecule has 0 aliphatic rings. The van der Waals surface area contributed by atoms with Crippen molar-refractivity contribution in [1.82, 2.24) is 5.32 Å². The van der Waals surface area contributed by atoms with Crippen LogP contribution in [0, 0.1) is 6.92 Å². The van der Waals surface area contributed by atoms with Gasteiger partial charge in [-0.3, -0.25) is 4.79 Å². The molecule has 1 aromatic carbocycles. The minimum atomic E-state index is -0.455. The van der Waals surface area contributed by atoms with Gasteiger partial charge >= 0.3 is 0 Å². The van der Waals surface area contributed by atoms with Crippen LogP contribution >= 0.6 is 0 Å². The summed E-state index contributed by atoms with van der Waals surface area (Å²) in [7, 11) is 0. The van der Waals surface area contributed by atoms with Crippen LogP contribution < -0.4 is 5.32 Å². The molecule has 0 heterocycles. The second-order valence-electron chi connectivity index (χ2n) is 4.86. The summed E-state index contributed by atoms with van der Waals surface area (Å²) in [6.07, 6.45) is 1.20. The molecule has 18 heavy (non-hydrogen) atoms. The van der Waals surface area contributed by atoms with Crippen molar-refractivity contribution < 1.29 is 15.0 Å². The number of aliphatic hydroxyl groups is 1. The largest absolute Gasteiger partial charge is 0.507 e. The molecule has 1 amide bonds. The van der Waals surface area contributed by atoms with Crippen molar-refractivity contribution in [2.45, 2.75) is 39.2 Å². The second kappa shape index (κ2) is 5.87. The van der Waals surface area contributed by atoms with Gasteiger partial charge in [-0.15, -0.1) is 0 Å². The van der Waals surface area contributed by atoms with Crippen LogP contribution in [0.15, 0.2) is 18.2 Å². The van der Waals surface area contributed by atoms with E-state index in [9.17, 15) is 9.90 Å². The minimum absolute atomic E-state index is 0.0184. The average Bonchev–Trinajstić information content (AvgIpc) is 2.28.